The number of carbonyl (C=O) groups excluding carboxylic acids is 1. The third-order valence-corrected chi connectivity index (χ3v) is 3.07. The summed E-state index contributed by atoms with van der Waals surface area (Å²) < 4.78 is 54.4. The Labute approximate surface area is 106 Å². The third-order valence-electron chi connectivity index (χ3n) is 3.07. The van der Waals surface area contributed by atoms with Gasteiger partial charge < -0.3 is 10.1 Å². The van der Waals surface area contributed by atoms with E-state index in [0.717, 1.165) is 0 Å². The lowest BCUT2D eigenvalue weighted by atomic mass is 9.95. The first-order chi connectivity index (χ1) is 8.79. The van der Waals surface area contributed by atoms with Crippen molar-refractivity contribution in [1.82, 2.24) is 5.32 Å². The van der Waals surface area contributed by atoms with E-state index in [1.165, 1.54) is 24.3 Å². The Kier molecular flexibility index (Phi) is 3.25. The Morgan fingerprint density at radius 1 is 1.37 bits per heavy atom. The van der Waals surface area contributed by atoms with E-state index >= 15 is 0 Å². The van der Waals surface area contributed by atoms with Crippen molar-refractivity contribution in [3.63, 3.8) is 0 Å². The van der Waals surface area contributed by atoms with E-state index in [2.05, 4.69) is 0 Å². The number of alkyl halides is 3. The Morgan fingerprint density at radius 3 is 2.42 bits per heavy atom. The molecule has 0 bridgehead atoms. The molecule has 2 rings (SSSR count). The Hall–Kier alpha value is -1.63. The standard InChI is InChI=1S/C12H11F4NO2/c1-2-11(7-3-5-8(13)6-4-7)10(19-11)17-9(18)12(14,15)16/h3-6,10H,2H2,1H3,(H,17,18)/t10?,11-/m0/s1. The summed E-state index contributed by atoms with van der Waals surface area (Å²) in [4.78, 5) is 10.8. The first kappa shape index (κ1) is 13.8. The summed E-state index contributed by atoms with van der Waals surface area (Å²) in [7, 11) is 0. The number of amides is 1. The largest absolute Gasteiger partial charge is 0.471 e. The van der Waals surface area contributed by atoms with Gasteiger partial charge in [0.15, 0.2) is 6.23 Å². The highest BCUT2D eigenvalue weighted by Crippen LogP contribution is 2.47. The second-order valence-electron chi connectivity index (χ2n) is 4.22. The number of carbonyl (C=O) groups is 1. The molecule has 1 saturated heterocycles. The third kappa shape index (κ3) is 2.56. The first-order valence-electron chi connectivity index (χ1n) is 5.61. The smallest absolute Gasteiger partial charge is 0.339 e. The Morgan fingerprint density at radius 2 is 1.95 bits per heavy atom. The predicted molar refractivity (Wildman–Crippen MR) is 57.4 cm³/mol. The van der Waals surface area contributed by atoms with Crippen LogP contribution in [-0.4, -0.2) is 18.3 Å². The average molecular weight is 277 g/mol. The van der Waals surface area contributed by atoms with E-state index in [0.29, 0.717) is 12.0 Å². The van der Waals surface area contributed by atoms with Gasteiger partial charge in [0.05, 0.1) is 0 Å². The van der Waals surface area contributed by atoms with Crippen LogP contribution in [0.25, 0.3) is 0 Å². The van der Waals surface area contributed by atoms with Crippen LogP contribution < -0.4 is 5.32 Å². The molecule has 0 aliphatic carbocycles. The predicted octanol–water partition coefficient (Wildman–Crippen LogP) is 2.47. The van der Waals surface area contributed by atoms with Crippen molar-refractivity contribution < 1.29 is 27.1 Å². The van der Waals surface area contributed by atoms with Crippen molar-refractivity contribution in [1.29, 1.82) is 0 Å². The Balaban J connectivity index is 2.12. The van der Waals surface area contributed by atoms with Crippen LogP contribution >= 0.6 is 0 Å². The molecule has 1 unspecified atom stereocenters. The summed E-state index contributed by atoms with van der Waals surface area (Å²) in [5.74, 6) is -2.50. The fourth-order valence-electron chi connectivity index (χ4n) is 1.95. The molecule has 1 aromatic rings. The van der Waals surface area contributed by atoms with E-state index in [1.807, 2.05) is 0 Å². The zero-order chi connectivity index (χ0) is 14.3. The van der Waals surface area contributed by atoms with Gasteiger partial charge in [0, 0.05) is 0 Å². The van der Waals surface area contributed by atoms with Crippen LogP contribution in [0.1, 0.15) is 18.9 Å². The van der Waals surface area contributed by atoms with Crippen LogP contribution in [0.5, 0.6) is 0 Å². The summed E-state index contributed by atoms with van der Waals surface area (Å²) >= 11 is 0. The molecule has 1 aliphatic rings. The summed E-state index contributed by atoms with van der Waals surface area (Å²) in [6.07, 6.45) is -5.63. The molecule has 104 valence electrons. The maximum absolute atomic E-state index is 12.8. The SMILES string of the molecule is CC[C@@]1(c2ccc(F)cc2)OC1NC(=O)C(F)(F)F. The van der Waals surface area contributed by atoms with E-state index < -0.39 is 29.7 Å². The van der Waals surface area contributed by atoms with Crippen molar-refractivity contribution >= 4 is 5.91 Å². The molecule has 1 N–H and O–H groups in total. The lowest BCUT2D eigenvalue weighted by Crippen LogP contribution is -2.40. The fraction of sp³-hybridized carbons (Fsp3) is 0.417. The van der Waals surface area contributed by atoms with Crippen LogP contribution in [0.4, 0.5) is 17.6 Å². The molecule has 1 fully saturated rings. The minimum absolute atomic E-state index is 0.363. The van der Waals surface area contributed by atoms with Crippen LogP contribution in [0, 0.1) is 5.82 Å². The molecule has 0 radical (unpaired) electrons. The van der Waals surface area contributed by atoms with Crippen molar-refractivity contribution in [2.75, 3.05) is 0 Å². The van der Waals surface area contributed by atoms with Crippen molar-refractivity contribution in [3.8, 4) is 0 Å². The molecule has 2 atom stereocenters. The molecular weight excluding hydrogens is 266 g/mol. The molecule has 1 heterocycles. The van der Waals surface area contributed by atoms with E-state index in [-0.39, 0.29) is 0 Å². The van der Waals surface area contributed by atoms with Crippen LogP contribution in [0.15, 0.2) is 24.3 Å². The van der Waals surface area contributed by atoms with Gasteiger partial charge in [-0.3, -0.25) is 4.79 Å². The number of halogens is 4. The number of rotatable bonds is 3. The number of nitrogens with one attached hydrogen (secondary N) is 1. The van der Waals surface area contributed by atoms with Crippen LogP contribution in [0.2, 0.25) is 0 Å². The van der Waals surface area contributed by atoms with Gasteiger partial charge in [-0.25, -0.2) is 4.39 Å². The maximum atomic E-state index is 12.8. The molecule has 0 spiro atoms. The lowest BCUT2D eigenvalue weighted by Gasteiger charge is -2.12. The molecule has 1 aliphatic heterocycles. The highest BCUT2D eigenvalue weighted by atomic mass is 19.4. The zero-order valence-electron chi connectivity index (χ0n) is 9.92. The minimum Gasteiger partial charge on any atom is -0.339 e. The lowest BCUT2D eigenvalue weighted by molar-refractivity contribution is -0.174. The average Bonchev–Trinajstić information content (AvgIpc) is 3.03. The van der Waals surface area contributed by atoms with Crippen LogP contribution in [-0.2, 0) is 15.1 Å². The number of hydrogen-bond acceptors (Lipinski definition) is 2. The van der Waals surface area contributed by atoms with Gasteiger partial charge in [-0.2, -0.15) is 13.2 Å². The van der Waals surface area contributed by atoms with Crippen LogP contribution in [0.3, 0.4) is 0 Å². The molecule has 1 aromatic carbocycles. The van der Waals surface area contributed by atoms with Crippen molar-refractivity contribution in [2.24, 2.45) is 0 Å². The molecule has 0 saturated carbocycles. The van der Waals surface area contributed by atoms with Gasteiger partial charge in [-0.05, 0) is 24.1 Å². The van der Waals surface area contributed by atoms with Gasteiger partial charge in [0.2, 0.25) is 0 Å². The van der Waals surface area contributed by atoms with E-state index in [9.17, 15) is 22.4 Å². The van der Waals surface area contributed by atoms with E-state index in [4.69, 9.17) is 4.74 Å². The number of benzene rings is 1. The van der Waals surface area contributed by atoms with Gasteiger partial charge in [-0.15, -0.1) is 0 Å². The fourth-order valence-corrected chi connectivity index (χ4v) is 1.95. The molecule has 3 nitrogen and oxygen atoms in total. The van der Waals surface area contributed by atoms with E-state index in [1.54, 1.807) is 12.2 Å². The monoisotopic (exact) mass is 277 g/mol. The highest BCUT2D eigenvalue weighted by molar-refractivity contribution is 5.82. The summed E-state index contributed by atoms with van der Waals surface area (Å²) in [6, 6.07) is 5.24. The molecule has 7 heteroatoms. The summed E-state index contributed by atoms with van der Waals surface area (Å²) in [6.45, 7) is 1.71. The van der Waals surface area contributed by atoms with Crippen molar-refractivity contribution in [2.45, 2.75) is 31.3 Å². The van der Waals surface area contributed by atoms with Gasteiger partial charge in [-0.1, -0.05) is 19.1 Å². The normalized spacial score (nSPS) is 26.1. The second kappa shape index (κ2) is 4.48. The Bertz CT molecular complexity index is 485. The second-order valence-corrected chi connectivity index (χ2v) is 4.22. The number of hydrogen-bond donors (Lipinski definition) is 1. The molecule has 19 heavy (non-hydrogen) atoms. The minimum atomic E-state index is -4.95. The summed E-state index contributed by atoms with van der Waals surface area (Å²) in [5.41, 5.74) is -0.474. The molecular formula is C12H11F4NO2. The first-order valence-corrected chi connectivity index (χ1v) is 5.61. The zero-order valence-corrected chi connectivity index (χ0v) is 9.92. The molecule has 0 aromatic heterocycles. The topological polar surface area (TPSA) is 41.6 Å². The quantitative estimate of drug-likeness (QED) is 0.681. The molecule has 1 amide bonds. The van der Waals surface area contributed by atoms with Gasteiger partial charge in [0.25, 0.3) is 0 Å². The van der Waals surface area contributed by atoms with Gasteiger partial charge >= 0.3 is 12.1 Å². The summed E-state index contributed by atoms with van der Waals surface area (Å²) in [5, 5.41) is 1.77. The van der Waals surface area contributed by atoms with Crippen molar-refractivity contribution in [3.05, 3.63) is 35.6 Å². The van der Waals surface area contributed by atoms with Gasteiger partial charge in [0.1, 0.15) is 11.4 Å². The number of epoxide rings is 1. The number of ether oxygens (including phenoxy) is 1. The highest BCUT2D eigenvalue weighted by Gasteiger charge is 2.59. The maximum Gasteiger partial charge on any atom is 0.471 e.